The minimum Gasteiger partial charge on any atom is -0.357 e. The van der Waals surface area contributed by atoms with Crippen molar-refractivity contribution in [1.29, 1.82) is 0 Å². The molecule has 12 heteroatoms. The Bertz CT molecular complexity index is 1030. The van der Waals surface area contributed by atoms with Crippen molar-refractivity contribution in [2.24, 2.45) is 5.73 Å². The highest BCUT2D eigenvalue weighted by Gasteiger charge is 2.54. The highest BCUT2D eigenvalue weighted by Crippen LogP contribution is 2.42. The Labute approximate surface area is 183 Å². The summed E-state index contributed by atoms with van der Waals surface area (Å²) in [6, 6.07) is 0.467. The zero-order valence-electron chi connectivity index (χ0n) is 16.8. The van der Waals surface area contributed by atoms with Crippen LogP contribution < -0.4 is 5.73 Å². The van der Waals surface area contributed by atoms with E-state index in [0.29, 0.717) is 11.3 Å². The first kappa shape index (κ1) is 21.9. The molecule has 2 fully saturated rings. The number of alkyl halides is 3. The normalized spacial score (nSPS) is 29.8. The van der Waals surface area contributed by atoms with Gasteiger partial charge in [-0.25, -0.2) is 13.0 Å². The Morgan fingerprint density at radius 1 is 1.19 bits per heavy atom. The van der Waals surface area contributed by atoms with Gasteiger partial charge in [0.15, 0.2) is 6.10 Å². The summed E-state index contributed by atoms with van der Waals surface area (Å²) in [6.07, 6.45) is -5.14. The molecule has 6 nitrogen and oxygen atoms in total. The van der Waals surface area contributed by atoms with Gasteiger partial charge in [-0.1, -0.05) is 0 Å². The van der Waals surface area contributed by atoms with Crippen molar-refractivity contribution in [3.63, 3.8) is 0 Å². The summed E-state index contributed by atoms with van der Waals surface area (Å²) in [5.74, 6) is -1.65. The Morgan fingerprint density at radius 3 is 2.59 bits per heavy atom. The van der Waals surface area contributed by atoms with Crippen molar-refractivity contribution in [2.45, 2.75) is 68.1 Å². The van der Waals surface area contributed by atoms with Crippen LogP contribution in [0.2, 0.25) is 0 Å². The number of hydrogen-bond donors (Lipinski definition) is 1. The fourth-order valence-corrected chi connectivity index (χ4v) is 5.70. The van der Waals surface area contributed by atoms with Crippen molar-refractivity contribution < 1.29 is 30.9 Å². The number of rotatable bonds is 4. The molecule has 1 aliphatic carbocycles. The number of nitrogens with zero attached hydrogens (tertiary/aromatic N) is 3. The smallest absolute Gasteiger partial charge is 0.357 e. The molecular formula is C20H21F5N4O2S. The third kappa shape index (κ3) is 3.97. The fourth-order valence-electron chi connectivity index (χ4n) is 4.45. The molecule has 2 aromatic rings. The quantitative estimate of drug-likeness (QED) is 0.687. The van der Waals surface area contributed by atoms with Crippen LogP contribution in [0.15, 0.2) is 24.4 Å². The molecule has 3 heterocycles. The summed E-state index contributed by atoms with van der Waals surface area (Å²) in [4.78, 5) is 1.58. The Balaban J connectivity index is 1.37. The molecule has 0 amide bonds. The van der Waals surface area contributed by atoms with Crippen LogP contribution >= 0.6 is 0 Å². The molecule has 1 saturated heterocycles. The van der Waals surface area contributed by atoms with Gasteiger partial charge in [0.05, 0.1) is 10.9 Å². The van der Waals surface area contributed by atoms with E-state index in [1.165, 1.54) is 4.09 Å². The SMILES string of the molecule is NC1CC(N2Cc3cn(S(=O)C4CC4)nc3C2)C(C(F)(F)F)O[C@@H]1c1cc(F)ccc1F. The standard InChI is InChI=1S/C20H21F5N4O2S/c21-11-1-4-14(22)13(5-11)18-15(26)6-17(19(31-18)20(23,24)25)28-7-10-8-29(27-16(10)9-28)32(30)12-2-3-12/h1,4-5,8,12,15,17-19H,2-3,6-7,9,26H2/t15?,17?,18-,19?,32?/m1/s1. The Kier molecular flexibility index (Phi) is 5.38. The van der Waals surface area contributed by atoms with Crippen LogP contribution in [0.1, 0.15) is 42.2 Å². The number of ether oxygens (including phenoxy) is 1. The summed E-state index contributed by atoms with van der Waals surface area (Å²) in [7, 11) is -1.26. The molecule has 4 unspecified atom stereocenters. The lowest BCUT2D eigenvalue weighted by molar-refractivity contribution is -0.269. The van der Waals surface area contributed by atoms with Crippen LogP contribution in [0.25, 0.3) is 0 Å². The molecule has 2 aliphatic heterocycles. The van der Waals surface area contributed by atoms with Crippen molar-refractivity contribution in [3.8, 4) is 0 Å². The van der Waals surface area contributed by atoms with Gasteiger partial charge < -0.3 is 10.5 Å². The third-order valence-corrected chi connectivity index (χ3v) is 7.78. The van der Waals surface area contributed by atoms with E-state index in [9.17, 15) is 26.2 Å². The lowest BCUT2D eigenvalue weighted by Crippen LogP contribution is -2.58. The lowest BCUT2D eigenvalue weighted by Gasteiger charge is -2.44. The molecule has 2 N–H and O–H groups in total. The summed E-state index contributed by atoms with van der Waals surface area (Å²) in [6.45, 7) is 0.319. The van der Waals surface area contributed by atoms with Crippen molar-refractivity contribution in [3.05, 3.63) is 52.9 Å². The summed E-state index contributed by atoms with van der Waals surface area (Å²) < 4.78 is 88.7. The van der Waals surface area contributed by atoms with Crippen molar-refractivity contribution in [1.82, 2.24) is 14.1 Å². The lowest BCUT2D eigenvalue weighted by atomic mass is 9.89. The number of fused-ring (bicyclic) bond motifs is 1. The van der Waals surface area contributed by atoms with E-state index in [4.69, 9.17) is 10.5 Å². The van der Waals surface area contributed by atoms with Gasteiger partial charge in [-0.2, -0.15) is 22.4 Å². The molecule has 5 rings (SSSR count). The minimum atomic E-state index is -4.74. The Morgan fingerprint density at radius 2 is 1.94 bits per heavy atom. The van der Waals surface area contributed by atoms with Gasteiger partial charge in [0.2, 0.25) is 0 Å². The van der Waals surface area contributed by atoms with Gasteiger partial charge in [0, 0.05) is 42.5 Å². The highest BCUT2D eigenvalue weighted by molar-refractivity contribution is 7.84. The molecule has 3 aliphatic rings. The second kappa shape index (κ2) is 7.86. The zero-order valence-corrected chi connectivity index (χ0v) is 17.6. The maximum absolute atomic E-state index is 14.2. The van der Waals surface area contributed by atoms with Crippen LogP contribution in [0, 0.1) is 11.6 Å². The van der Waals surface area contributed by atoms with Gasteiger partial charge >= 0.3 is 6.18 Å². The van der Waals surface area contributed by atoms with E-state index in [1.54, 1.807) is 11.1 Å². The molecular weight excluding hydrogens is 455 g/mol. The van der Waals surface area contributed by atoms with Gasteiger partial charge in [-0.3, -0.25) is 4.90 Å². The molecule has 5 atom stereocenters. The van der Waals surface area contributed by atoms with Gasteiger partial charge in [0.1, 0.15) is 28.7 Å². The molecule has 1 aromatic heterocycles. The fraction of sp³-hybridized carbons (Fsp3) is 0.550. The molecule has 0 radical (unpaired) electrons. The number of aromatic nitrogens is 2. The maximum Gasteiger partial charge on any atom is 0.416 e. The molecule has 0 spiro atoms. The van der Waals surface area contributed by atoms with Gasteiger partial charge in [-0.05, 0) is 37.5 Å². The van der Waals surface area contributed by atoms with Crippen LogP contribution in [0.4, 0.5) is 22.0 Å². The summed E-state index contributed by atoms with van der Waals surface area (Å²) >= 11 is 0. The minimum absolute atomic E-state index is 0.0886. The zero-order chi connectivity index (χ0) is 22.8. The van der Waals surface area contributed by atoms with E-state index in [0.717, 1.165) is 31.0 Å². The highest BCUT2D eigenvalue weighted by atomic mass is 32.2. The number of benzene rings is 1. The van der Waals surface area contributed by atoms with Gasteiger partial charge in [0.25, 0.3) is 0 Å². The van der Waals surface area contributed by atoms with E-state index in [2.05, 4.69) is 5.10 Å². The van der Waals surface area contributed by atoms with E-state index < -0.39 is 53.1 Å². The number of nitrogens with two attached hydrogens (primary N) is 1. The van der Waals surface area contributed by atoms with E-state index >= 15 is 0 Å². The van der Waals surface area contributed by atoms with Crippen LogP contribution in [0.3, 0.4) is 0 Å². The first-order valence-electron chi connectivity index (χ1n) is 10.3. The first-order chi connectivity index (χ1) is 15.1. The van der Waals surface area contributed by atoms with E-state index in [1.807, 2.05) is 0 Å². The monoisotopic (exact) mass is 476 g/mol. The topological polar surface area (TPSA) is 73.4 Å². The third-order valence-electron chi connectivity index (χ3n) is 6.18. The second-order valence-corrected chi connectivity index (χ2v) is 10.1. The number of halogens is 5. The number of hydrogen-bond acceptors (Lipinski definition) is 5. The first-order valence-corrected chi connectivity index (χ1v) is 11.4. The largest absolute Gasteiger partial charge is 0.416 e. The molecule has 0 bridgehead atoms. The predicted molar refractivity (Wildman–Crippen MR) is 104 cm³/mol. The maximum atomic E-state index is 14.2. The molecule has 1 saturated carbocycles. The van der Waals surface area contributed by atoms with Crippen LogP contribution in [0.5, 0.6) is 0 Å². The predicted octanol–water partition coefficient (Wildman–Crippen LogP) is 2.94. The van der Waals surface area contributed by atoms with Gasteiger partial charge in [-0.15, -0.1) is 0 Å². The molecule has 32 heavy (non-hydrogen) atoms. The summed E-state index contributed by atoms with van der Waals surface area (Å²) in [5, 5.41) is 4.41. The van der Waals surface area contributed by atoms with Crippen LogP contribution in [-0.4, -0.2) is 47.9 Å². The average molecular weight is 476 g/mol. The molecule has 174 valence electrons. The van der Waals surface area contributed by atoms with E-state index in [-0.39, 0.29) is 30.3 Å². The second-order valence-electron chi connectivity index (χ2n) is 8.54. The Hall–Kier alpha value is -1.89. The average Bonchev–Trinajstić information content (AvgIpc) is 3.38. The summed E-state index contributed by atoms with van der Waals surface area (Å²) in [5.41, 5.74) is 7.08. The van der Waals surface area contributed by atoms with Crippen molar-refractivity contribution in [2.75, 3.05) is 0 Å². The van der Waals surface area contributed by atoms with Crippen LogP contribution in [-0.2, 0) is 28.8 Å². The van der Waals surface area contributed by atoms with Crippen molar-refractivity contribution >= 4 is 11.0 Å². The molecule has 1 aromatic carbocycles.